The van der Waals surface area contributed by atoms with Crippen LogP contribution < -0.4 is 5.32 Å². The van der Waals surface area contributed by atoms with E-state index in [0.717, 1.165) is 6.04 Å². The molecule has 1 atom stereocenters. The fraction of sp³-hybridized carbons (Fsp3) is 1.00. The van der Waals surface area contributed by atoms with Crippen molar-refractivity contribution in [3.63, 3.8) is 0 Å². The van der Waals surface area contributed by atoms with Crippen LogP contribution in [0.5, 0.6) is 0 Å². The molecule has 0 aromatic carbocycles. The minimum Gasteiger partial charge on any atom is -0.314 e. The predicted octanol–water partition coefficient (Wildman–Crippen LogP) is 1.47. The van der Waals surface area contributed by atoms with Crippen LogP contribution in [0.4, 0.5) is 0 Å². The molecule has 0 aliphatic carbocycles. The molecule has 0 radical (unpaired) electrons. The van der Waals surface area contributed by atoms with Crippen molar-refractivity contribution in [2.45, 2.75) is 38.6 Å². The maximum absolute atomic E-state index is 3.61. The molecule has 1 aliphatic heterocycles. The summed E-state index contributed by atoms with van der Waals surface area (Å²) in [7, 11) is 2.22. The van der Waals surface area contributed by atoms with Crippen molar-refractivity contribution in [1.82, 2.24) is 10.2 Å². The summed E-state index contributed by atoms with van der Waals surface area (Å²) in [5.74, 6) is 0. The minimum absolute atomic E-state index is 0.787. The van der Waals surface area contributed by atoms with Crippen molar-refractivity contribution in [3.8, 4) is 0 Å². The SMILES string of the molecule is CCCNC1CCCN(C)CC1. The molecule has 1 heterocycles. The van der Waals surface area contributed by atoms with E-state index in [9.17, 15) is 0 Å². The first-order valence-electron chi connectivity index (χ1n) is 5.25. The van der Waals surface area contributed by atoms with E-state index in [0.29, 0.717) is 0 Å². The van der Waals surface area contributed by atoms with Crippen LogP contribution in [0.25, 0.3) is 0 Å². The molecule has 2 nitrogen and oxygen atoms in total. The van der Waals surface area contributed by atoms with Crippen LogP contribution in [0.3, 0.4) is 0 Å². The summed E-state index contributed by atoms with van der Waals surface area (Å²) >= 11 is 0. The van der Waals surface area contributed by atoms with Gasteiger partial charge in [-0.15, -0.1) is 0 Å². The van der Waals surface area contributed by atoms with Crippen LogP contribution in [0.2, 0.25) is 0 Å². The average Bonchev–Trinajstić information content (AvgIpc) is 2.27. The van der Waals surface area contributed by atoms with Gasteiger partial charge in [-0.2, -0.15) is 0 Å². The molecule has 0 spiro atoms. The van der Waals surface area contributed by atoms with Crippen molar-refractivity contribution in [2.75, 3.05) is 26.7 Å². The molecule has 2 heteroatoms. The van der Waals surface area contributed by atoms with Crippen molar-refractivity contribution >= 4 is 0 Å². The van der Waals surface area contributed by atoms with Gasteiger partial charge in [0, 0.05) is 6.04 Å². The Bertz CT molecular complexity index is 112. The van der Waals surface area contributed by atoms with Crippen LogP contribution in [0.15, 0.2) is 0 Å². The molecule has 0 bridgehead atoms. The van der Waals surface area contributed by atoms with Gasteiger partial charge in [0.1, 0.15) is 0 Å². The minimum atomic E-state index is 0.787. The summed E-state index contributed by atoms with van der Waals surface area (Å²) in [6.07, 6.45) is 5.31. The molecule has 0 aromatic heterocycles. The first-order valence-corrected chi connectivity index (χ1v) is 5.25. The van der Waals surface area contributed by atoms with Gasteiger partial charge in [-0.1, -0.05) is 6.92 Å². The maximum atomic E-state index is 3.61. The van der Waals surface area contributed by atoms with Gasteiger partial charge in [-0.3, -0.25) is 0 Å². The largest absolute Gasteiger partial charge is 0.314 e. The predicted molar refractivity (Wildman–Crippen MR) is 53.4 cm³/mol. The Labute approximate surface area is 76.3 Å². The second-order valence-electron chi connectivity index (χ2n) is 3.89. The van der Waals surface area contributed by atoms with Crippen molar-refractivity contribution in [3.05, 3.63) is 0 Å². The Hall–Kier alpha value is -0.0800. The standard InChI is InChI=1S/C10H22N2/c1-3-7-11-10-5-4-8-12(2)9-6-10/h10-11H,3-9H2,1-2H3. The smallest absolute Gasteiger partial charge is 0.00797 e. The summed E-state index contributed by atoms with van der Waals surface area (Å²) in [5, 5.41) is 3.61. The third-order valence-corrected chi connectivity index (χ3v) is 2.63. The lowest BCUT2D eigenvalue weighted by molar-refractivity contribution is 0.343. The molecule has 72 valence electrons. The number of likely N-dealkylation sites (tertiary alicyclic amines) is 1. The molecule has 0 amide bonds. The topological polar surface area (TPSA) is 15.3 Å². The highest BCUT2D eigenvalue weighted by atomic mass is 15.1. The van der Waals surface area contributed by atoms with E-state index in [-0.39, 0.29) is 0 Å². The molecule has 1 unspecified atom stereocenters. The normalized spacial score (nSPS) is 27.0. The van der Waals surface area contributed by atoms with Crippen LogP contribution in [0, 0.1) is 0 Å². The van der Waals surface area contributed by atoms with Gasteiger partial charge in [0.05, 0.1) is 0 Å². The van der Waals surface area contributed by atoms with Gasteiger partial charge >= 0.3 is 0 Å². The molecule has 1 N–H and O–H groups in total. The van der Waals surface area contributed by atoms with Crippen molar-refractivity contribution in [2.24, 2.45) is 0 Å². The molecule has 1 aliphatic rings. The average molecular weight is 170 g/mol. The summed E-state index contributed by atoms with van der Waals surface area (Å²) in [5.41, 5.74) is 0. The lowest BCUT2D eigenvalue weighted by Crippen LogP contribution is -2.30. The second kappa shape index (κ2) is 5.55. The quantitative estimate of drug-likeness (QED) is 0.690. The van der Waals surface area contributed by atoms with Crippen LogP contribution in [-0.4, -0.2) is 37.6 Å². The van der Waals surface area contributed by atoms with Gasteiger partial charge in [-0.25, -0.2) is 0 Å². The molecule has 12 heavy (non-hydrogen) atoms. The Morgan fingerprint density at radius 1 is 1.33 bits per heavy atom. The third-order valence-electron chi connectivity index (χ3n) is 2.63. The van der Waals surface area contributed by atoms with Crippen LogP contribution >= 0.6 is 0 Å². The van der Waals surface area contributed by atoms with Gasteiger partial charge in [0.2, 0.25) is 0 Å². The Balaban J connectivity index is 2.17. The highest BCUT2D eigenvalue weighted by molar-refractivity contribution is 4.72. The first-order chi connectivity index (χ1) is 5.83. The van der Waals surface area contributed by atoms with Gasteiger partial charge in [-0.05, 0) is 52.4 Å². The summed E-state index contributed by atoms with van der Waals surface area (Å²) < 4.78 is 0. The van der Waals surface area contributed by atoms with Crippen LogP contribution in [0.1, 0.15) is 32.6 Å². The number of nitrogens with zero attached hydrogens (tertiary/aromatic N) is 1. The Morgan fingerprint density at radius 3 is 2.92 bits per heavy atom. The van der Waals surface area contributed by atoms with E-state index >= 15 is 0 Å². The fourth-order valence-electron chi connectivity index (χ4n) is 1.79. The van der Waals surface area contributed by atoms with E-state index in [1.807, 2.05) is 0 Å². The van der Waals surface area contributed by atoms with Gasteiger partial charge in [0.15, 0.2) is 0 Å². The van der Waals surface area contributed by atoms with Crippen LogP contribution in [-0.2, 0) is 0 Å². The molecule has 1 saturated heterocycles. The first kappa shape index (κ1) is 10.0. The lowest BCUT2D eigenvalue weighted by atomic mass is 10.1. The summed E-state index contributed by atoms with van der Waals surface area (Å²) in [6, 6.07) is 0.787. The Kier molecular flexibility index (Phi) is 4.62. The molecule has 1 fully saturated rings. The van der Waals surface area contributed by atoms with E-state index in [2.05, 4.69) is 24.2 Å². The molecule has 0 aromatic rings. The fourth-order valence-corrected chi connectivity index (χ4v) is 1.79. The van der Waals surface area contributed by atoms with Gasteiger partial charge in [0.25, 0.3) is 0 Å². The Morgan fingerprint density at radius 2 is 2.17 bits per heavy atom. The van der Waals surface area contributed by atoms with E-state index in [4.69, 9.17) is 0 Å². The third kappa shape index (κ3) is 3.55. The number of hydrogen-bond donors (Lipinski definition) is 1. The summed E-state index contributed by atoms with van der Waals surface area (Å²) in [6.45, 7) is 5.97. The van der Waals surface area contributed by atoms with E-state index < -0.39 is 0 Å². The number of hydrogen-bond acceptors (Lipinski definition) is 2. The van der Waals surface area contributed by atoms with Crippen molar-refractivity contribution < 1.29 is 0 Å². The van der Waals surface area contributed by atoms with E-state index in [1.165, 1.54) is 45.3 Å². The molecule has 0 saturated carbocycles. The van der Waals surface area contributed by atoms with Crippen molar-refractivity contribution in [1.29, 1.82) is 0 Å². The second-order valence-corrected chi connectivity index (χ2v) is 3.89. The lowest BCUT2D eigenvalue weighted by Gasteiger charge is -2.15. The zero-order valence-electron chi connectivity index (χ0n) is 8.47. The molecular formula is C10H22N2. The monoisotopic (exact) mass is 170 g/mol. The highest BCUT2D eigenvalue weighted by Gasteiger charge is 2.12. The highest BCUT2D eigenvalue weighted by Crippen LogP contribution is 2.09. The van der Waals surface area contributed by atoms with Gasteiger partial charge < -0.3 is 10.2 Å². The van der Waals surface area contributed by atoms with E-state index in [1.54, 1.807) is 0 Å². The molecular weight excluding hydrogens is 148 g/mol. The zero-order valence-corrected chi connectivity index (χ0v) is 8.47. The summed E-state index contributed by atoms with van der Waals surface area (Å²) in [4.78, 5) is 2.44. The number of nitrogens with one attached hydrogen (secondary N) is 1. The maximum Gasteiger partial charge on any atom is 0.00797 e. The zero-order chi connectivity index (χ0) is 8.81. The molecule has 1 rings (SSSR count). The number of rotatable bonds is 3.